The Labute approximate surface area is 246 Å². The molecule has 0 spiro atoms. The van der Waals surface area contributed by atoms with Crippen LogP contribution < -0.4 is 30.6 Å². The zero-order chi connectivity index (χ0) is 34.1. The number of hydrogen-bond acceptors (Lipinski definition) is 24. The third-order valence-electron chi connectivity index (χ3n) is 4.07. The fraction of sp³-hybridized carbons (Fsp3) is 0.500. The van der Waals surface area contributed by atoms with Gasteiger partial charge in [-0.05, 0) is 0 Å². The first kappa shape index (κ1) is 45.5. The average molecular weight is 670 g/mol. The van der Waals surface area contributed by atoms with Crippen molar-refractivity contribution in [2.45, 2.75) is 55.3 Å². The Balaban J connectivity index is -0.000000262. The number of carboxylic acids is 6. The molecule has 0 aliphatic heterocycles. The van der Waals surface area contributed by atoms with Gasteiger partial charge >= 0.3 is 35.3 Å². The van der Waals surface area contributed by atoms with Gasteiger partial charge in [-0.3, -0.25) is 0 Å². The molecule has 43 heavy (non-hydrogen) atoms. The molecule has 0 aliphatic carbocycles. The summed E-state index contributed by atoms with van der Waals surface area (Å²) >= 11 is 0. The Kier molecular flexibility index (Phi) is 21.6. The molecule has 0 saturated heterocycles. The Hall–Kier alpha value is -4.48. The second-order valence-electron chi connectivity index (χ2n) is 7.52. The molecule has 0 saturated carbocycles. The smallest absolute Gasteiger partial charge is 0.550 e. The summed E-state index contributed by atoms with van der Waals surface area (Å²) in [6.45, 7) is 0. The van der Waals surface area contributed by atoms with Crippen LogP contribution in [0.4, 0.5) is 0 Å². The summed E-state index contributed by atoms with van der Waals surface area (Å²) < 4.78 is 0. The van der Waals surface area contributed by atoms with Crippen LogP contribution in [0.1, 0.15) is 38.5 Å². The van der Waals surface area contributed by atoms with Gasteiger partial charge in [0.2, 0.25) is 0 Å². The number of rotatable bonds is 15. The van der Waals surface area contributed by atoms with Crippen molar-refractivity contribution in [3.05, 3.63) is 0 Å². The van der Waals surface area contributed by atoms with Crippen LogP contribution in [0.25, 0.3) is 0 Å². The summed E-state index contributed by atoms with van der Waals surface area (Å²) in [5, 5.41) is 111. The van der Waals surface area contributed by atoms with Gasteiger partial charge in [0.25, 0.3) is 0 Å². The van der Waals surface area contributed by atoms with Crippen molar-refractivity contribution in [3.8, 4) is 0 Å². The maximum absolute atomic E-state index is 10.4. The van der Waals surface area contributed by atoms with Crippen LogP contribution >= 0.6 is 0 Å². The molecule has 0 aliphatic rings. The van der Waals surface area contributed by atoms with Gasteiger partial charge in [-0.1, -0.05) is 0 Å². The third-order valence-corrected chi connectivity index (χ3v) is 4.07. The molecule has 0 heterocycles. The average Bonchev–Trinajstić information content (AvgIpc) is 2.82. The summed E-state index contributed by atoms with van der Waals surface area (Å²) in [5.74, 6) is -16.7. The van der Waals surface area contributed by atoms with Crippen molar-refractivity contribution < 1.29 is 137 Å². The Bertz CT molecular complexity index is 911. The normalized spacial score (nSPS) is 13.8. The molecule has 0 rings (SSSR count). The van der Waals surface area contributed by atoms with Crippen LogP contribution in [0.3, 0.4) is 0 Å². The molecule has 0 fully saturated rings. The molecule has 240 valence electrons. The van der Waals surface area contributed by atoms with Crippen LogP contribution in [0.5, 0.6) is 0 Å². The summed E-state index contributed by atoms with van der Waals surface area (Å²) in [7, 11) is 0. The van der Waals surface area contributed by atoms with E-state index in [0.717, 1.165) is 0 Å². The van der Waals surface area contributed by atoms with E-state index in [-0.39, 0.29) is 17.4 Å². The molecule has 0 amide bonds. The molecule has 0 aromatic rings. The van der Waals surface area contributed by atoms with E-state index in [1.807, 2.05) is 0 Å². The van der Waals surface area contributed by atoms with Crippen LogP contribution in [-0.4, -0.2) is 102 Å². The van der Waals surface area contributed by atoms with Crippen molar-refractivity contribution in [3.63, 3.8) is 0 Å². The quantitative estimate of drug-likeness (QED) is 0.0535. The molecule has 24 nitrogen and oxygen atoms in total. The van der Waals surface area contributed by atoms with E-state index in [4.69, 9.17) is 31.1 Å². The fourth-order valence-electron chi connectivity index (χ4n) is 2.15. The zero-order valence-electron chi connectivity index (χ0n) is 20.7. The minimum atomic E-state index is -2.95. The van der Waals surface area contributed by atoms with E-state index in [1.165, 1.54) is 0 Å². The maximum Gasteiger partial charge on any atom is 6.00 e. The third kappa shape index (κ3) is 19.3. The summed E-state index contributed by atoms with van der Waals surface area (Å²) in [4.78, 5) is 101. The Morgan fingerprint density at radius 2 is 0.581 bits per heavy atom. The van der Waals surface area contributed by atoms with Gasteiger partial charge < -0.3 is 89.4 Å². The van der Waals surface area contributed by atoms with Crippen LogP contribution in [0.15, 0.2) is 0 Å². The van der Waals surface area contributed by atoms with Crippen LogP contribution in [0, 0.1) is 0 Å². The van der Waals surface area contributed by atoms with Crippen LogP contribution in [-0.2, 0) is 75.2 Å². The molecule has 0 radical (unpaired) electrons. The van der Waals surface area contributed by atoms with Gasteiger partial charge in [-0.15, -0.1) is 0 Å². The number of carbonyl (C=O) groups is 9. The maximum atomic E-state index is 10.4. The van der Waals surface area contributed by atoms with Crippen molar-refractivity contribution in [2.24, 2.45) is 0 Å². The fourth-order valence-corrected chi connectivity index (χ4v) is 2.15. The van der Waals surface area contributed by atoms with E-state index in [9.17, 15) is 73.8 Å². The molecule has 0 aromatic heterocycles. The molecule has 0 aromatic carbocycles. The first-order valence-electron chi connectivity index (χ1n) is 9.89. The topological polar surface area (TPSA) is 441 Å². The van der Waals surface area contributed by atoms with Crippen molar-refractivity contribution in [2.75, 3.05) is 0 Å². The van der Waals surface area contributed by atoms with Gasteiger partial charge in [0.05, 0.1) is 37.2 Å². The number of aliphatic carboxylic acids is 6. The zero-order valence-corrected chi connectivity index (χ0v) is 22.0. The molecular formula is C18H18CrO24. The Morgan fingerprint density at radius 3 is 0.674 bits per heavy atom. The van der Waals surface area contributed by atoms with Crippen molar-refractivity contribution in [1.29, 1.82) is 0 Å². The second kappa shape index (κ2) is 20.4. The van der Waals surface area contributed by atoms with E-state index >= 15 is 0 Å². The number of aliphatic hydroxyl groups is 3. The van der Waals surface area contributed by atoms with E-state index in [2.05, 4.69) is 14.7 Å². The molecule has 0 bridgehead atoms. The molecule has 6 N–H and O–H groups in total. The second-order valence-corrected chi connectivity index (χ2v) is 7.52. The predicted octanol–water partition coefficient (Wildman–Crippen LogP) is -12.0. The van der Waals surface area contributed by atoms with Gasteiger partial charge in [0.15, 0.2) is 0 Å². The minimum Gasteiger partial charge on any atom is -0.550 e. The molecular weight excluding hydrogens is 652 g/mol. The molecule has 3 atom stereocenters. The van der Waals surface area contributed by atoms with E-state index < -0.39 is 109 Å². The van der Waals surface area contributed by atoms with E-state index in [0.29, 0.717) is 0 Å². The van der Waals surface area contributed by atoms with Gasteiger partial charge in [0.1, 0.15) is 16.8 Å². The minimum absolute atomic E-state index is 0. The Morgan fingerprint density at radius 1 is 0.419 bits per heavy atom. The first-order chi connectivity index (χ1) is 18.9. The number of carboxylic acid groups (broad SMARTS) is 6. The molecule has 25 heteroatoms. The SMILES string of the molecule is O=C([O-])CC(O)(CC(=O)OO)C(=O)[O-].O=C([O-])CC(O)(CC(=O)OO)C(=O)[O-].O=C([O-])CC(O)(CC(=O)OO)C(=O)[O-].[Cr+6]. The van der Waals surface area contributed by atoms with Gasteiger partial charge in [0, 0.05) is 37.2 Å². The molecule has 3 unspecified atom stereocenters. The standard InChI is InChI=1S/3C6H8O8.Cr/c3*7-3(8)1-6(12,5(10)11)2-4(9)14-13;/h3*12-13H,1-2H2,(H,7,8)(H,10,11);/q;;;+6/p-6. The van der Waals surface area contributed by atoms with E-state index in [1.54, 1.807) is 0 Å². The largest absolute Gasteiger partial charge is 6.00 e. The number of carbonyl (C=O) groups excluding carboxylic acids is 9. The summed E-state index contributed by atoms with van der Waals surface area (Å²) in [6, 6.07) is 0. The van der Waals surface area contributed by atoms with Gasteiger partial charge in [-0.25, -0.2) is 14.4 Å². The van der Waals surface area contributed by atoms with Crippen molar-refractivity contribution in [1.82, 2.24) is 0 Å². The van der Waals surface area contributed by atoms with Crippen molar-refractivity contribution >= 4 is 53.7 Å². The van der Waals surface area contributed by atoms with Gasteiger partial charge in [-0.2, -0.15) is 15.8 Å². The monoisotopic (exact) mass is 670 g/mol. The van der Waals surface area contributed by atoms with Crippen LogP contribution in [0.2, 0.25) is 0 Å². The predicted molar refractivity (Wildman–Crippen MR) is 98.8 cm³/mol. The number of hydrogen-bond donors (Lipinski definition) is 6. The summed E-state index contributed by atoms with van der Waals surface area (Å²) in [6.07, 6.45) is -7.78. The summed E-state index contributed by atoms with van der Waals surface area (Å²) in [5.41, 5.74) is -8.84. The first-order valence-corrected chi connectivity index (χ1v) is 9.89.